The average molecular weight is 202 g/mol. The van der Waals surface area contributed by atoms with Gasteiger partial charge in [0.05, 0.1) is 0 Å². The molecule has 1 aromatic carbocycles. The molecule has 4 nitrogen and oxygen atoms in total. The molecule has 2 amide bonds. The number of nitrogens with one attached hydrogen (secondary N) is 1. The zero-order chi connectivity index (χ0) is 11.3. The summed E-state index contributed by atoms with van der Waals surface area (Å²) < 4.78 is 0. The summed E-state index contributed by atoms with van der Waals surface area (Å²) in [7, 11) is 5.47. The third-order valence-corrected chi connectivity index (χ3v) is 1.83. The Morgan fingerprint density at radius 2 is 1.87 bits per heavy atom. The second kappa shape index (κ2) is 5.19. The molecule has 0 aromatic heterocycles. The Labute approximate surface area is 89.3 Å². The number of nitrogens with two attached hydrogens (primary N) is 1. The van der Waals surface area contributed by atoms with Gasteiger partial charge in [0.1, 0.15) is 7.85 Å². The number of hydrogen-bond acceptors (Lipinski definition) is 2. The van der Waals surface area contributed by atoms with Gasteiger partial charge in [-0.25, -0.2) is 0 Å². The molecular weight excluding hydrogens is 191 g/mol. The molecule has 1 rings (SSSR count). The zero-order valence-electron chi connectivity index (χ0n) is 8.19. The highest BCUT2D eigenvalue weighted by atomic mass is 16.2. The van der Waals surface area contributed by atoms with Crippen molar-refractivity contribution in [2.45, 2.75) is 6.42 Å². The third-order valence-electron chi connectivity index (χ3n) is 1.83. The van der Waals surface area contributed by atoms with E-state index in [2.05, 4.69) is 5.32 Å². The van der Waals surface area contributed by atoms with Crippen LogP contribution in [-0.4, -0.2) is 26.2 Å². The second-order valence-corrected chi connectivity index (χ2v) is 3.09. The largest absolute Gasteiger partial charge is 0.370 e. The number of primary amides is 1. The fourth-order valence-electron chi connectivity index (χ4n) is 1.04. The van der Waals surface area contributed by atoms with Gasteiger partial charge in [0.15, 0.2) is 0 Å². The van der Waals surface area contributed by atoms with Gasteiger partial charge in [0.2, 0.25) is 5.91 Å². The molecule has 0 atom stereocenters. The first kappa shape index (κ1) is 11.3. The third kappa shape index (κ3) is 3.85. The molecule has 0 saturated heterocycles. The van der Waals surface area contributed by atoms with E-state index in [1.54, 1.807) is 24.3 Å². The minimum Gasteiger partial charge on any atom is -0.370 e. The maximum atomic E-state index is 11.4. The molecule has 0 aliphatic carbocycles. The van der Waals surface area contributed by atoms with Crippen LogP contribution in [0.5, 0.6) is 0 Å². The number of carbonyl (C=O) groups excluding carboxylic acids is 2. The van der Waals surface area contributed by atoms with E-state index in [4.69, 9.17) is 13.6 Å². The van der Waals surface area contributed by atoms with E-state index in [-0.39, 0.29) is 18.9 Å². The quantitative estimate of drug-likeness (QED) is 0.620. The Morgan fingerprint density at radius 1 is 1.27 bits per heavy atom. The maximum Gasteiger partial charge on any atom is 0.251 e. The van der Waals surface area contributed by atoms with Crippen molar-refractivity contribution in [2.75, 3.05) is 6.54 Å². The van der Waals surface area contributed by atoms with E-state index in [0.29, 0.717) is 11.0 Å². The van der Waals surface area contributed by atoms with E-state index < -0.39 is 5.91 Å². The standard InChI is InChI=1S/C10H11BN2O2/c11-8-3-1-7(2-4-8)10(15)13-6-5-9(12)14/h1-4H,5-6H2,(H2,12,14)(H,13,15). The van der Waals surface area contributed by atoms with Crippen molar-refractivity contribution in [2.24, 2.45) is 5.73 Å². The predicted molar refractivity (Wildman–Crippen MR) is 58.0 cm³/mol. The summed E-state index contributed by atoms with van der Waals surface area (Å²) in [5.41, 5.74) is 6.04. The number of hydrogen-bond donors (Lipinski definition) is 2. The van der Waals surface area contributed by atoms with Gasteiger partial charge >= 0.3 is 0 Å². The molecule has 5 heteroatoms. The van der Waals surface area contributed by atoms with Crippen molar-refractivity contribution in [3.8, 4) is 0 Å². The first-order chi connectivity index (χ1) is 7.09. The summed E-state index contributed by atoms with van der Waals surface area (Å²) in [6, 6.07) is 6.52. The lowest BCUT2D eigenvalue weighted by Gasteiger charge is -2.03. The highest BCUT2D eigenvalue weighted by Crippen LogP contribution is 1.95. The molecule has 1 aromatic rings. The Balaban J connectivity index is 2.47. The molecule has 76 valence electrons. The van der Waals surface area contributed by atoms with Crippen molar-refractivity contribution < 1.29 is 9.59 Å². The molecule has 0 spiro atoms. The molecule has 0 saturated carbocycles. The van der Waals surface area contributed by atoms with Crippen molar-refractivity contribution in [1.29, 1.82) is 0 Å². The van der Waals surface area contributed by atoms with E-state index >= 15 is 0 Å². The van der Waals surface area contributed by atoms with Crippen molar-refractivity contribution in [1.82, 2.24) is 5.32 Å². The minimum absolute atomic E-state index is 0.140. The van der Waals surface area contributed by atoms with Gasteiger partial charge in [0.25, 0.3) is 5.91 Å². The molecule has 3 N–H and O–H groups in total. The molecular formula is C10H11BN2O2. The van der Waals surface area contributed by atoms with Gasteiger partial charge in [-0.05, 0) is 0 Å². The average Bonchev–Trinajstić information content (AvgIpc) is 2.18. The topological polar surface area (TPSA) is 72.2 Å². The molecule has 0 aliphatic rings. The molecule has 2 radical (unpaired) electrons. The Bertz CT molecular complexity index is 362. The monoisotopic (exact) mass is 202 g/mol. The van der Waals surface area contributed by atoms with Crippen molar-refractivity contribution >= 4 is 25.1 Å². The van der Waals surface area contributed by atoms with E-state index in [9.17, 15) is 9.59 Å². The van der Waals surface area contributed by atoms with Crippen LogP contribution in [0.1, 0.15) is 16.8 Å². The van der Waals surface area contributed by atoms with Crippen LogP contribution >= 0.6 is 0 Å². The number of benzene rings is 1. The van der Waals surface area contributed by atoms with Gasteiger partial charge in [-0.3, -0.25) is 9.59 Å². The smallest absolute Gasteiger partial charge is 0.251 e. The fourth-order valence-corrected chi connectivity index (χ4v) is 1.04. The second-order valence-electron chi connectivity index (χ2n) is 3.09. The summed E-state index contributed by atoms with van der Waals surface area (Å²) in [6.45, 7) is 0.249. The molecule has 0 heterocycles. The maximum absolute atomic E-state index is 11.4. The highest BCUT2D eigenvalue weighted by molar-refractivity contribution is 6.32. The molecule has 0 bridgehead atoms. The number of amides is 2. The van der Waals surface area contributed by atoms with Crippen LogP contribution in [0.4, 0.5) is 0 Å². The van der Waals surface area contributed by atoms with Crippen LogP contribution in [0.3, 0.4) is 0 Å². The van der Waals surface area contributed by atoms with Crippen LogP contribution in [0.15, 0.2) is 24.3 Å². The van der Waals surface area contributed by atoms with Crippen LogP contribution in [-0.2, 0) is 4.79 Å². The molecule has 0 unspecified atom stereocenters. The lowest BCUT2D eigenvalue weighted by atomic mass is 9.95. The Hall–Kier alpha value is -1.78. The normalized spacial score (nSPS) is 9.60. The first-order valence-electron chi connectivity index (χ1n) is 4.51. The van der Waals surface area contributed by atoms with Gasteiger partial charge in [-0.1, -0.05) is 29.7 Å². The Kier molecular flexibility index (Phi) is 3.91. The molecule has 0 fully saturated rings. The summed E-state index contributed by atoms with van der Waals surface area (Å²) >= 11 is 0. The fraction of sp³-hybridized carbons (Fsp3) is 0.200. The summed E-state index contributed by atoms with van der Waals surface area (Å²) in [5.74, 6) is -0.677. The van der Waals surface area contributed by atoms with E-state index in [1.807, 2.05) is 0 Å². The van der Waals surface area contributed by atoms with Crippen LogP contribution in [0.2, 0.25) is 0 Å². The van der Waals surface area contributed by atoms with Crippen LogP contribution in [0, 0.1) is 0 Å². The van der Waals surface area contributed by atoms with Gasteiger partial charge in [-0.2, -0.15) is 0 Å². The van der Waals surface area contributed by atoms with Gasteiger partial charge in [-0.15, -0.1) is 0 Å². The van der Waals surface area contributed by atoms with Crippen LogP contribution < -0.4 is 16.5 Å². The summed E-state index contributed by atoms with van der Waals surface area (Å²) in [6.07, 6.45) is 0.140. The summed E-state index contributed by atoms with van der Waals surface area (Å²) in [5, 5.41) is 2.57. The lowest BCUT2D eigenvalue weighted by Crippen LogP contribution is -2.28. The molecule has 0 aliphatic heterocycles. The zero-order valence-corrected chi connectivity index (χ0v) is 8.19. The van der Waals surface area contributed by atoms with Gasteiger partial charge < -0.3 is 11.1 Å². The minimum atomic E-state index is -0.437. The first-order valence-corrected chi connectivity index (χ1v) is 4.51. The SMILES string of the molecule is [B]c1ccc(C(=O)NCCC(N)=O)cc1. The van der Waals surface area contributed by atoms with E-state index in [1.165, 1.54) is 0 Å². The predicted octanol–water partition coefficient (Wildman–Crippen LogP) is -0.914. The van der Waals surface area contributed by atoms with Crippen molar-refractivity contribution in [3.63, 3.8) is 0 Å². The number of rotatable bonds is 4. The Morgan fingerprint density at radius 3 is 2.40 bits per heavy atom. The lowest BCUT2D eigenvalue weighted by molar-refractivity contribution is -0.117. The number of carbonyl (C=O) groups is 2. The molecule has 15 heavy (non-hydrogen) atoms. The summed E-state index contributed by atoms with van der Waals surface area (Å²) in [4.78, 5) is 21.8. The van der Waals surface area contributed by atoms with Gasteiger partial charge in [0, 0.05) is 18.5 Å². The van der Waals surface area contributed by atoms with E-state index in [0.717, 1.165) is 0 Å². The highest BCUT2D eigenvalue weighted by Gasteiger charge is 2.04. The van der Waals surface area contributed by atoms with Crippen molar-refractivity contribution in [3.05, 3.63) is 29.8 Å². The van der Waals surface area contributed by atoms with Crippen LogP contribution in [0.25, 0.3) is 0 Å².